The third-order valence-electron chi connectivity index (χ3n) is 3.95. The average Bonchev–Trinajstić information content (AvgIpc) is 2.40. The highest BCUT2D eigenvalue weighted by Gasteiger charge is 2.44. The summed E-state index contributed by atoms with van der Waals surface area (Å²) in [5, 5.41) is 9.36. The number of rotatable bonds is 8. The van der Waals surface area contributed by atoms with E-state index in [1.54, 1.807) is 6.92 Å². The number of allylic oxidation sites excluding steroid dienone is 2. The van der Waals surface area contributed by atoms with Gasteiger partial charge in [-0.2, -0.15) is 13.2 Å². The lowest BCUT2D eigenvalue weighted by Gasteiger charge is -2.31. The minimum absolute atomic E-state index is 0.00287. The molecule has 0 aromatic heterocycles. The fourth-order valence-electron chi connectivity index (χ4n) is 2.75. The van der Waals surface area contributed by atoms with Gasteiger partial charge < -0.3 is 9.84 Å². The first kappa shape index (κ1) is 18.3. The molecule has 1 rings (SSSR count). The van der Waals surface area contributed by atoms with E-state index in [-0.39, 0.29) is 19.4 Å². The fraction of sp³-hybridized carbons (Fsp3) is 0.875. The minimum Gasteiger partial charge on any atom is -0.498 e. The molecule has 0 fully saturated rings. The standard InChI is InChI=1S/C16H27F3O2/c1-3-4-5-6-7-15-13(9-8-12(2)20)14(10-11-21-15)16(17,18)19/h12,14,20H,3-11H2,1-2H3. The second kappa shape index (κ2) is 8.66. The molecule has 0 aliphatic carbocycles. The summed E-state index contributed by atoms with van der Waals surface area (Å²) in [4.78, 5) is 0. The van der Waals surface area contributed by atoms with E-state index in [0.29, 0.717) is 24.2 Å². The summed E-state index contributed by atoms with van der Waals surface area (Å²) < 4.78 is 45.1. The first-order valence-electron chi connectivity index (χ1n) is 7.95. The van der Waals surface area contributed by atoms with Crippen LogP contribution in [0.25, 0.3) is 0 Å². The molecule has 1 aliphatic heterocycles. The molecule has 2 atom stereocenters. The maximum Gasteiger partial charge on any atom is 0.395 e. The molecule has 0 aromatic rings. The Hall–Kier alpha value is -0.710. The van der Waals surface area contributed by atoms with Crippen molar-refractivity contribution in [3.05, 3.63) is 11.3 Å². The minimum atomic E-state index is -4.22. The molecule has 5 heteroatoms. The van der Waals surface area contributed by atoms with Gasteiger partial charge in [0.2, 0.25) is 0 Å². The molecule has 124 valence electrons. The molecular formula is C16H27F3O2. The van der Waals surface area contributed by atoms with Gasteiger partial charge in [-0.1, -0.05) is 26.2 Å². The first-order chi connectivity index (χ1) is 9.86. The summed E-state index contributed by atoms with van der Waals surface area (Å²) in [5.74, 6) is -0.869. The summed E-state index contributed by atoms with van der Waals surface area (Å²) >= 11 is 0. The van der Waals surface area contributed by atoms with E-state index >= 15 is 0 Å². The van der Waals surface area contributed by atoms with Crippen molar-refractivity contribution in [1.82, 2.24) is 0 Å². The van der Waals surface area contributed by atoms with Crippen molar-refractivity contribution in [2.75, 3.05) is 6.61 Å². The van der Waals surface area contributed by atoms with Crippen molar-refractivity contribution < 1.29 is 23.0 Å². The number of unbranched alkanes of at least 4 members (excludes halogenated alkanes) is 3. The molecule has 0 saturated heterocycles. The molecule has 0 aromatic carbocycles. The smallest absolute Gasteiger partial charge is 0.395 e. The second-order valence-electron chi connectivity index (χ2n) is 5.88. The molecule has 0 bridgehead atoms. The number of hydrogen-bond donors (Lipinski definition) is 1. The van der Waals surface area contributed by atoms with Crippen molar-refractivity contribution in [2.24, 2.45) is 5.92 Å². The van der Waals surface area contributed by atoms with Crippen LogP contribution < -0.4 is 0 Å². The Balaban J connectivity index is 2.80. The van der Waals surface area contributed by atoms with E-state index in [1.807, 2.05) is 0 Å². The Labute approximate surface area is 125 Å². The van der Waals surface area contributed by atoms with Crippen LogP contribution in [0.3, 0.4) is 0 Å². The van der Waals surface area contributed by atoms with Crippen molar-refractivity contribution >= 4 is 0 Å². The Bertz CT molecular complexity index is 335. The quantitative estimate of drug-likeness (QED) is 0.641. The van der Waals surface area contributed by atoms with Gasteiger partial charge in [-0.3, -0.25) is 0 Å². The lowest BCUT2D eigenvalue weighted by Crippen LogP contribution is -2.31. The van der Waals surface area contributed by atoms with Crippen LogP contribution >= 0.6 is 0 Å². The van der Waals surface area contributed by atoms with Gasteiger partial charge in [0.05, 0.1) is 24.4 Å². The largest absolute Gasteiger partial charge is 0.498 e. The van der Waals surface area contributed by atoms with Crippen LogP contribution in [-0.4, -0.2) is 24.0 Å². The Morgan fingerprint density at radius 1 is 1.24 bits per heavy atom. The number of aliphatic hydroxyl groups is 1. The molecule has 0 radical (unpaired) electrons. The van der Waals surface area contributed by atoms with Crippen molar-refractivity contribution in [3.8, 4) is 0 Å². The summed E-state index contributed by atoms with van der Waals surface area (Å²) in [6, 6.07) is 0. The molecule has 1 aliphatic rings. The van der Waals surface area contributed by atoms with Crippen LogP contribution in [0.1, 0.15) is 65.2 Å². The van der Waals surface area contributed by atoms with Crippen LogP contribution in [0.4, 0.5) is 13.2 Å². The van der Waals surface area contributed by atoms with E-state index in [2.05, 4.69) is 6.92 Å². The number of aliphatic hydroxyl groups excluding tert-OH is 1. The average molecular weight is 308 g/mol. The van der Waals surface area contributed by atoms with Crippen LogP contribution in [-0.2, 0) is 4.74 Å². The van der Waals surface area contributed by atoms with E-state index in [9.17, 15) is 18.3 Å². The van der Waals surface area contributed by atoms with E-state index < -0.39 is 18.2 Å². The Morgan fingerprint density at radius 3 is 2.52 bits per heavy atom. The third-order valence-corrected chi connectivity index (χ3v) is 3.95. The molecule has 21 heavy (non-hydrogen) atoms. The molecule has 2 unspecified atom stereocenters. The number of alkyl halides is 3. The van der Waals surface area contributed by atoms with Gasteiger partial charge in [-0.15, -0.1) is 0 Å². The van der Waals surface area contributed by atoms with Crippen molar-refractivity contribution in [1.29, 1.82) is 0 Å². The lowest BCUT2D eigenvalue weighted by molar-refractivity contribution is -0.173. The zero-order valence-electron chi connectivity index (χ0n) is 13.0. The zero-order chi connectivity index (χ0) is 15.9. The highest BCUT2D eigenvalue weighted by atomic mass is 19.4. The lowest BCUT2D eigenvalue weighted by atomic mass is 9.87. The summed E-state index contributed by atoms with van der Waals surface area (Å²) in [7, 11) is 0. The fourth-order valence-corrected chi connectivity index (χ4v) is 2.75. The number of halogens is 3. The van der Waals surface area contributed by atoms with Crippen LogP contribution in [0.2, 0.25) is 0 Å². The zero-order valence-corrected chi connectivity index (χ0v) is 13.0. The van der Waals surface area contributed by atoms with E-state index in [1.165, 1.54) is 0 Å². The summed E-state index contributed by atoms with van der Waals surface area (Å²) in [6.45, 7) is 3.85. The van der Waals surface area contributed by atoms with E-state index in [4.69, 9.17) is 4.74 Å². The van der Waals surface area contributed by atoms with Gasteiger partial charge >= 0.3 is 6.18 Å². The van der Waals surface area contributed by atoms with Gasteiger partial charge in [0.15, 0.2) is 0 Å². The van der Waals surface area contributed by atoms with Crippen LogP contribution in [0.15, 0.2) is 11.3 Å². The predicted octanol–water partition coefficient (Wildman–Crippen LogP) is 4.97. The number of hydrogen-bond acceptors (Lipinski definition) is 2. The maximum absolute atomic E-state index is 13.2. The molecule has 1 N–H and O–H groups in total. The van der Waals surface area contributed by atoms with E-state index in [0.717, 1.165) is 25.7 Å². The maximum atomic E-state index is 13.2. The molecule has 0 amide bonds. The number of ether oxygens (including phenoxy) is 1. The molecule has 0 spiro atoms. The van der Waals surface area contributed by atoms with Gasteiger partial charge in [-0.25, -0.2) is 0 Å². The molecule has 2 nitrogen and oxygen atoms in total. The molecular weight excluding hydrogens is 281 g/mol. The van der Waals surface area contributed by atoms with Gasteiger partial charge in [-0.05, 0) is 38.2 Å². The van der Waals surface area contributed by atoms with Gasteiger partial charge in [0.25, 0.3) is 0 Å². The highest BCUT2D eigenvalue weighted by Crippen LogP contribution is 2.41. The topological polar surface area (TPSA) is 29.5 Å². The Kier molecular flexibility index (Phi) is 7.57. The normalized spacial score (nSPS) is 21.3. The SMILES string of the molecule is CCCCCCC1=C(CCC(C)O)C(C(F)(F)F)CCO1. The predicted molar refractivity (Wildman–Crippen MR) is 76.8 cm³/mol. The highest BCUT2D eigenvalue weighted by molar-refractivity contribution is 5.17. The third kappa shape index (κ3) is 6.29. The molecule has 1 heterocycles. The van der Waals surface area contributed by atoms with Gasteiger partial charge in [0, 0.05) is 6.42 Å². The summed E-state index contributed by atoms with van der Waals surface area (Å²) in [6.07, 6.45) is 0.476. The second-order valence-corrected chi connectivity index (χ2v) is 5.88. The van der Waals surface area contributed by atoms with Gasteiger partial charge in [0.1, 0.15) is 0 Å². The summed E-state index contributed by atoms with van der Waals surface area (Å²) in [5.41, 5.74) is 0.367. The first-order valence-corrected chi connectivity index (χ1v) is 7.95. The van der Waals surface area contributed by atoms with Crippen molar-refractivity contribution in [3.63, 3.8) is 0 Å². The molecule has 0 saturated carbocycles. The van der Waals surface area contributed by atoms with Crippen LogP contribution in [0, 0.1) is 5.92 Å². The Morgan fingerprint density at radius 2 is 1.95 bits per heavy atom. The van der Waals surface area contributed by atoms with Crippen molar-refractivity contribution in [2.45, 2.75) is 77.5 Å². The monoisotopic (exact) mass is 308 g/mol. The van der Waals surface area contributed by atoms with Crippen LogP contribution in [0.5, 0.6) is 0 Å².